The fraction of sp³-hybridized carbons (Fsp3) is 0.550. The van der Waals surface area contributed by atoms with Gasteiger partial charge in [-0.1, -0.05) is 24.9 Å². The molecule has 2 saturated heterocycles. The van der Waals surface area contributed by atoms with Crippen LogP contribution in [0.2, 0.25) is 5.02 Å². The highest BCUT2D eigenvalue weighted by molar-refractivity contribution is 7.98. The van der Waals surface area contributed by atoms with Crippen LogP contribution >= 0.6 is 23.4 Å². The minimum Gasteiger partial charge on any atom is -0.324 e. The van der Waals surface area contributed by atoms with Gasteiger partial charge in [-0.05, 0) is 43.0 Å². The Balaban J connectivity index is 1.81. The number of carbonyl (C=O) groups is 3. The number of fused-ring (bicyclic) bond motifs is 4. The van der Waals surface area contributed by atoms with Gasteiger partial charge < -0.3 is 5.32 Å². The Labute approximate surface area is 173 Å². The molecule has 6 nitrogen and oxygen atoms in total. The van der Waals surface area contributed by atoms with Gasteiger partial charge in [0.1, 0.15) is 5.54 Å². The first-order valence-electron chi connectivity index (χ1n) is 9.69. The predicted octanol–water partition coefficient (Wildman–Crippen LogP) is 2.61. The van der Waals surface area contributed by atoms with Gasteiger partial charge in [-0.25, -0.2) is 0 Å². The summed E-state index contributed by atoms with van der Waals surface area (Å²) in [6, 6.07) is 4.98. The van der Waals surface area contributed by atoms with E-state index in [2.05, 4.69) is 10.6 Å². The van der Waals surface area contributed by atoms with E-state index in [9.17, 15) is 14.4 Å². The van der Waals surface area contributed by atoms with Crippen molar-refractivity contribution in [3.63, 3.8) is 0 Å². The maximum absolute atomic E-state index is 13.4. The Bertz CT molecular complexity index is 848. The quantitative estimate of drug-likeness (QED) is 0.690. The molecular formula is C20H24ClN3O3S. The molecule has 1 aromatic rings. The van der Waals surface area contributed by atoms with E-state index in [1.165, 1.54) is 4.90 Å². The lowest BCUT2D eigenvalue weighted by molar-refractivity contribution is -0.142. The van der Waals surface area contributed by atoms with Gasteiger partial charge in [-0.3, -0.25) is 24.6 Å². The number of halogens is 1. The van der Waals surface area contributed by atoms with E-state index in [0.717, 1.165) is 18.6 Å². The smallest absolute Gasteiger partial charge is 0.250 e. The summed E-state index contributed by atoms with van der Waals surface area (Å²) >= 11 is 7.91. The molecule has 3 amide bonds. The Kier molecular flexibility index (Phi) is 5.18. The van der Waals surface area contributed by atoms with E-state index < -0.39 is 17.4 Å². The summed E-state index contributed by atoms with van der Waals surface area (Å²) in [5, 5.41) is 6.81. The SMILES string of the molecule is CCCCN1C(=O)[C@H]2[C@@H](C1=O)[C@@]1(N[C@@H]2CCSC)C(=O)Nc2ccc(Cl)cc21. The molecule has 0 radical (unpaired) electrons. The number of amides is 3. The number of unbranched alkanes of at least 4 members (excludes halogenated alkanes) is 1. The lowest BCUT2D eigenvalue weighted by atomic mass is 9.76. The van der Waals surface area contributed by atoms with Crippen molar-refractivity contribution >= 4 is 46.8 Å². The highest BCUT2D eigenvalue weighted by Crippen LogP contribution is 2.53. The minimum absolute atomic E-state index is 0.151. The number of nitrogens with one attached hydrogen (secondary N) is 2. The summed E-state index contributed by atoms with van der Waals surface area (Å²) in [5.41, 5.74) is 0.0883. The number of rotatable bonds is 6. The second-order valence-corrected chi connectivity index (χ2v) is 9.09. The van der Waals surface area contributed by atoms with Crippen molar-refractivity contribution in [1.82, 2.24) is 10.2 Å². The molecule has 2 N–H and O–H groups in total. The van der Waals surface area contributed by atoms with Crippen LogP contribution < -0.4 is 10.6 Å². The first-order valence-corrected chi connectivity index (χ1v) is 11.5. The van der Waals surface area contributed by atoms with Crippen LogP contribution in [0.3, 0.4) is 0 Å². The Hall–Kier alpha value is -1.57. The van der Waals surface area contributed by atoms with Crippen LogP contribution in [0.5, 0.6) is 0 Å². The fourth-order valence-electron chi connectivity index (χ4n) is 4.86. The average molecular weight is 422 g/mol. The first-order chi connectivity index (χ1) is 13.5. The molecule has 4 atom stereocenters. The minimum atomic E-state index is -1.23. The summed E-state index contributed by atoms with van der Waals surface area (Å²) in [4.78, 5) is 41.1. The Morgan fingerprint density at radius 3 is 2.75 bits per heavy atom. The van der Waals surface area contributed by atoms with Gasteiger partial charge in [0.15, 0.2) is 0 Å². The number of hydrogen-bond donors (Lipinski definition) is 2. The molecule has 1 aromatic carbocycles. The molecule has 2 fully saturated rings. The summed E-state index contributed by atoms with van der Waals surface area (Å²) in [6.07, 6.45) is 4.38. The molecule has 0 unspecified atom stereocenters. The van der Waals surface area contributed by atoms with Crippen LogP contribution in [0.4, 0.5) is 5.69 Å². The zero-order valence-corrected chi connectivity index (χ0v) is 17.5. The number of imide groups is 1. The largest absolute Gasteiger partial charge is 0.324 e. The number of carbonyl (C=O) groups excluding carboxylic acids is 3. The van der Waals surface area contributed by atoms with Gasteiger partial charge in [0.05, 0.1) is 11.8 Å². The van der Waals surface area contributed by atoms with Gasteiger partial charge in [0, 0.05) is 28.9 Å². The van der Waals surface area contributed by atoms with E-state index in [1.54, 1.807) is 30.0 Å². The maximum Gasteiger partial charge on any atom is 0.250 e. The second kappa shape index (κ2) is 7.35. The van der Waals surface area contributed by atoms with Gasteiger partial charge >= 0.3 is 0 Å². The van der Waals surface area contributed by atoms with Crippen molar-refractivity contribution in [2.75, 3.05) is 23.9 Å². The van der Waals surface area contributed by atoms with Crippen LogP contribution in [0.15, 0.2) is 18.2 Å². The summed E-state index contributed by atoms with van der Waals surface area (Å²) in [7, 11) is 0. The van der Waals surface area contributed by atoms with Crippen molar-refractivity contribution < 1.29 is 14.4 Å². The molecule has 1 spiro atoms. The summed E-state index contributed by atoms with van der Waals surface area (Å²) in [6.45, 7) is 2.44. The monoisotopic (exact) mass is 421 g/mol. The summed E-state index contributed by atoms with van der Waals surface area (Å²) < 4.78 is 0. The van der Waals surface area contributed by atoms with E-state index in [4.69, 9.17) is 11.6 Å². The van der Waals surface area contributed by atoms with Crippen LogP contribution in [0, 0.1) is 11.8 Å². The zero-order valence-electron chi connectivity index (χ0n) is 16.0. The van der Waals surface area contributed by atoms with Crippen molar-refractivity contribution in [3.05, 3.63) is 28.8 Å². The zero-order chi connectivity index (χ0) is 20.1. The first kappa shape index (κ1) is 19.7. The molecule has 0 aliphatic carbocycles. The molecule has 0 bridgehead atoms. The number of anilines is 1. The third-order valence-corrected chi connectivity index (χ3v) is 7.02. The van der Waals surface area contributed by atoms with E-state index >= 15 is 0 Å². The lowest BCUT2D eigenvalue weighted by Gasteiger charge is -2.29. The Morgan fingerprint density at radius 1 is 1.25 bits per heavy atom. The molecule has 3 heterocycles. The molecule has 4 rings (SSSR count). The topological polar surface area (TPSA) is 78.5 Å². The van der Waals surface area contributed by atoms with Crippen molar-refractivity contribution in [2.45, 2.75) is 37.8 Å². The molecule has 0 saturated carbocycles. The molecule has 0 aromatic heterocycles. The Morgan fingerprint density at radius 2 is 2.04 bits per heavy atom. The number of nitrogens with zero attached hydrogens (tertiary/aromatic N) is 1. The molecule has 8 heteroatoms. The van der Waals surface area contributed by atoms with Gasteiger partial charge in [-0.2, -0.15) is 11.8 Å². The number of likely N-dealkylation sites (tertiary alicyclic amines) is 1. The van der Waals surface area contributed by atoms with Crippen LogP contribution in [-0.4, -0.2) is 47.2 Å². The van der Waals surface area contributed by atoms with Gasteiger partial charge in [0.2, 0.25) is 17.7 Å². The third-order valence-electron chi connectivity index (χ3n) is 6.14. The predicted molar refractivity (Wildman–Crippen MR) is 110 cm³/mol. The average Bonchev–Trinajstić information content (AvgIpc) is 3.24. The van der Waals surface area contributed by atoms with Crippen molar-refractivity contribution in [3.8, 4) is 0 Å². The normalized spacial score (nSPS) is 30.9. The van der Waals surface area contributed by atoms with E-state index in [-0.39, 0.29) is 23.8 Å². The number of benzene rings is 1. The second-order valence-electron chi connectivity index (χ2n) is 7.67. The van der Waals surface area contributed by atoms with Gasteiger partial charge in [0.25, 0.3) is 0 Å². The van der Waals surface area contributed by atoms with Crippen LogP contribution in [-0.2, 0) is 19.9 Å². The molecule has 3 aliphatic heterocycles. The van der Waals surface area contributed by atoms with Gasteiger partial charge in [-0.15, -0.1) is 0 Å². The van der Waals surface area contributed by atoms with Crippen molar-refractivity contribution in [1.29, 1.82) is 0 Å². The molecular weight excluding hydrogens is 398 g/mol. The molecule has 3 aliphatic rings. The molecule has 28 heavy (non-hydrogen) atoms. The van der Waals surface area contributed by atoms with Crippen LogP contribution in [0.25, 0.3) is 0 Å². The highest BCUT2D eigenvalue weighted by atomic mass is 35.5. The number of thioether (sulfide) groups is 1. The fourth-order valence-corrected chi connectivity index (χ4v) is 5.53. The summed E-state index contributed by atoms with van der Waals surface area (Å²) in [5.74, 6) is -1.08. The molecule has 150 valence electrons. The van der Waals surface area contributed by atoms with E-state index in [1.807, 2.05) is 13.2 Å². The van der Waals surface area contributed by atoms with Crippen LogP contribution in [0.1, 0.15) is 31.7 Å². The lowest BCUT2D eigenvalue weighted by Crippen LogP contribution is -2.53. The maximum atomic E-state index is 13.4. The third kappa shape index (κ3) is 2.70. The van der Waals surface area contributed by atoms with Crippen molar-refractivity contribution in [2.24, 2.45) is 11.8 Å². The standard InChI is InChI=1S/C20H24ClN3O3S/c1-3-4-8-24-17(25)15-14(7-9-28-2)23-20(16(15)18(24)26)12-10-11(21)5-6-13(12)22-19(20)27/h5-6,10,14-16,23H,3-4,7-9H2,1-2H3,(H,22,27)/t14-,15-,16+,20-/m1/s1. The number of hydrogen-bond acceptors (Lipinski definition) is 5. The highest BCUT2D eigenvalue weighted by Gasteiger charge is 2.70. The van der Waals surface area contributed by atoms with E-state index in [0.29, 0.717) is 29.2 Å².